The fourth-order valence-corrected chi connectivity index (χ4v) is 1.95. The summed E-state index contributed by atoms with van der Waals surface area (Å²) in [5.74, 6) is -0.369. The third-order valence-corrected chi connectivity index (χ3v) is 2.86. The first-order valence-corrected chi connectivity index (χ1v) is 6.30. The molecule has 0 aliphatic rings. The fraction of sp³-hybridized carbons (Fsp3) is 0.188. The van der Waals surface area contributed by atoms with Gasteiger partial charge < -0.3 is 10.5 Å². The summed E-state index contributed by atoms with van der Waals surface area (Å²) >= 11 is 0. The van der Waals surface area contributed by atoms with Gasteiger partial charge in [-0.2, -0.15) is 0 Å². The topological polar surface area (TPSA) is 52.3 Å². The van der Waals surface area contributed by atoms with Crippen molar-refractivity contribution >= 4 is 11.7 Å². The Balaban J connectivity index is 2.17. The van der Waals surface area contributed by atoms with Crippen molar-refractivity contribution < 1.29 is 9.53 Å². The maximum absolute atomic E-state index is 11.6. The molecule has 0 saturated heterocycles. The molecule has 0 saturated carbocycles. The summed E-state index contributed by atoms with van der Waals surface area (Å²) in [5.41, 5.74) is 9.09. The lowest BCUT2D eigenvalue weighted by molar-refractivity contribution is 0.0527. The quantitative estimate of drug-likeness (QED) is 0.675. The largest absolute Gasteiger partial charge is 0.462 e. The second kappa shape index (κ2) is 6.05. The van der Waals surface area contributed by atoms with Crippen molar-refractivity contribution in [1.82, 2.24) is 0 Å². The fourth-order valence-electron chi connectivity index (χ4n) is 1.95. The van der Waals surface area contributed by atoms with E-state index in [0.717, 1.165) is 12.0 Å². The van der Waals surface area contributed by atoms with E-state index in [1.165, 1.54) is 5.56 Å². The van der Waals surface area contributed by atoms with Crippen LogP contribution in [0.15, 0.2) is 48.5 Å². The molecule has 3 heteroatoms. The van der Waals surface area contributed by atoms with Gasteiger partial charge in [-0.15, -0.1) is 0 Å². The molecule has 0 spiro atoms. The van der Waals surface area contributed by atoms with Gasteiger partial charge >= 0.3 is 5.97 Å². The number of carbonyl (C=O) groups excluding carboxylic acids is 1. The molecule has 0 heterocycles. The van der Waals surface area contributed by atoms with Crippen molar-refractivity contribution in [3.05, 3.63) is 65.2 Å². The first-order valence-electron chi connectivity index (χ1n) is 6.30. The van der Waals surface area contributed by atoms with Crippen LogP contribution >= 0.6 is 0 Å². The van der Waals surface area contributed by atoms with E-state index in [-0.39, 0.29) is 5.97 Å². The summed E-state index contributed by atoms with van der Waals surface area (Å²) < 4.78 is 4.95. The first-order chi connectivity index (χ1) is 9.20. The number of ether oxygens (including phenoxy) is 1. The zero-order valence-electron chi connectivity index (χ0n) is 10.9. The normalized spacial score (nSPS) is 10.2. The van der Waals surface area contributed by atoms with Crippen molar-refractivity contribution in [2.75, 3.05) is 12.3 Å². The van der Waals surface area contributed by atoms with E-state index in [0.29, 0.717) is 17.9 Å². The van der Waals surface area contributed by atoms with Gasteiger partial charge in [0, 0.05) is 5.69 Å². The summed E-state index contributed by atoms with van der Waals surface area (Å²) in [4.78, 5) is 11.6. The highest BCUT2D eigenvalue weighted by atomic mass is 16.5. The van der Waals surface area contributed by atoms with Gasteiger partial charge in [-0.1, -0.05) is 36.4 Å². The van der Waals surface area contributed by atoms with Gasteiger partial charge in [0.15, 0.2) is 0 Å². The van der Waals surface area contributed by atoms with Crippen molar-refractivity contribution in [3.63, 3.8) is 0 Å². The molecule has 19 heavy (non-hydrogen) atoms. The maximum Gasteiger partial charge on any atom is 0.340 e. The molecule has 0 aliphatic carbocycles. The minimum Gasteiger partial charge on any atom is -0.462 e. The number of rotatable bonds is 4. The number of nitrogens with two attached hydrogens (primary N) is 1. The van der Waals surface area contributed by atoms with E-state index in [9.17, 15) is 4.79 Å². The highest BCUT2D eigenvalue weighted by molar-refractivity contribution is 5.95. The van der Waals surface area contributed by atoms with Gasteiger partial charge in [-0.3, -0.25) is 0 Å². The Bertz CT molecular complexity index is 564. The molecule has 2 rings (SSSR count). The average molecular weight is 255 g/mol. The molecular formula is C16H17NO2. The monoisotopic (exact) mass is 255 g/mol. The lowest BCUT2D eigenvalue weighted by atomic mass is 10.0. The van der Waals surface area contributed by atoms with Crippen molar-refractivity contribution in [2.24, 2.45) is 0 Å². The predicted octanol–water partition coefficient (Wildman–Crippen LogP) is 3.04. The Morgan fingerprint density at radius 1 is 1.11 bits per heavy atom. The summed E-state index contributed by atoms with van der Waals surface area (Å²) in [7, 11) is 0. The molecule has 0 aromatic heterocycles. The van der Waals surface area contributed by atoms with Crippen LogP contribution in [0.4, 0.5) is 5.69 Å². The number of carbonyl (C=O) groups is 1. The molecule has 3 nitrogen and oxygen atoms in total. The van der Waals surface area contributed by atoms with E-state index >= 15 is 0 Å². The van der Waals surface area contributed by atoms with Crippen LogP contribution in [0, 0.1) is 0 Å². The lowest BCUT2D eigenvalue weighted by Crippen LogP contribution is -2.08. The summed E-state index contributed by atoms with van der Waals surface area (Å²) in [6.45, 7) is 2.13. The molecule has 0 unspecified atom stereocenters. The van der Waals surface area contributed by atoms with Gasteiger partial charge in [-0.05, 0) is 36.6 Å². The molecule has 2 aromatic rings. The number of hydrogen-bond acceptors (Lipinski definition) is 3. The average Bonchev–Trinajstić information content (AvgIpc) is 2.40. The van der Waals surface area contributed by atoms with Crippen LogP contribution in [0.25, 0.3) is 0 Å². The first kappa shape index (κ1) is 13.1. The number of hydrogen-bond donors (Lipinski definition) is 1. The molecule has 0 amide bonds. The Kier molecular flexibility index (Phi) is 4.18. The van der Waals surface area contributed by atoms with E-state index < -0.39 is 0 Å². The molecule has 0 radical (unpaired) electrons. The maximum atomic E-state index is 11.6. The minimum absolute atomic E-state index is 0.351. The molecule has 0 atom stereocenters. The van der Waals surface area contributed by atoms with Crippen LogP contribution in [-0.2, 0) is 11.2 Å². The Morgan fingerprint density at radius 3 is 2.47 bits per heavy atom. The second-order valence-electron chi connectivity index (χ2n) is 4.30. The predicted molar refractivity (Wildman–Crippen MR) is 76.1 cm³/mol. The van der Waals surface area contributed by atoms with Crippen molar-refractivity contribution in [2.45, 2.75) is 13.3 Å². The standard InChI is InChI=1S/C16H17NO2/c1-2-19-16(18)14-9-8-13(11-15(14)17)10-12-6-4-3-5-7-12/h3-9,11H,2,10,17H2,1H3. The number of nitrogen functional groups attached to an aromatic ring is 1. The van der Waals surface area contributed by atoms with Crippen LogP contribution in [0.3, 0.4) is 0 Å². The summed E-state index contributed by atoms with van der Waals surface area (Å²) in [6.07, 6.45) is 0.800. The molecular weight excluding hydrogens is 238 g/mol. The summed E-state index contributed by atoms with van der Waals surface area (Å²) in [5, 5.41) is 0. The Hall–Kier alpha value is -2.29. The Morgan fingerprint density at radius 2 is 1.84 bits per heavy atom. The van der Waals surface area contributed by atoms with Crippen LogP contribution < -0.4 is 5.73 Å². The number of esters is 1. The van der Waals surface area contributed by atoms with Gasteiger partial charge in [0.05, 0.1) is 12.2 Å². The van der Waals surface area contributed by atoms with Crippen molar-refractivity contribution in [3.8, 4) is 0 Å². The van der Waals surface area contributed by atoms with Gasteiger partial charge in [0.2, 0.25) is 0 Å². The van der Waals surface area contributed by atoms with Gasteiger partial charge in [-0.25, -0.2) is 4.79 Å². The molecule has 0 fully saturated rings. The summed E-state index contributed by atoms with van der Waals surface area (Å²) in [6, 6.07) is 15.6. The second-order valence-corrected chi connectivity index (χ2v) is 4.30. The molecule has 98 valence electrons. The lowest BCUT2D eigenvalue weighted by Gasteiger charge is -2.08. The molecule has 2 aromatic carbocycles. The van der Waals surface area contributed by atoms with Gasteiger partial charge in [0.1, 0.15) is 0 Å². The van der Waals surface area contributed by atoms with Crippen molar-refractivity contribution in [1.29, 1.82) is 0 Å². The van der Waals surface area contributed by atoms with Crippen LogP contribution in [0.2, 0.25) is 0 Å². The van der Waals surface area contributed by atoms with E-state index in [4.69, 9.17) is 10.5 Å². The highest BCUT2D eigenvalue weighted by Crippen LogP contribution is 2.18. The molecule has 0 aliphatic heterocycles. The number of benzene rings is 2. The van der Waals surface area contributed by atoms with E-state index in [1.54, 1.807) is 13.0 Å². The van der Waals surface area contributed by atoms with Gasteiger partial charge in [0.25, 0.3) is 0 Å². The molecule has 2 N–H and O–H groups in total. The third-order valence-electron chi connectivity index (χ3n) is 2.86. The molecule has 0 bridgehead atoms. The zero-order chi connectivity index (χ0) is 13.7. The zero-order valence-corrected chi connectivity index (χ0v) is 10.9. The van der Waals surface area contributed by atoms with E-state index in [1.807, 2.05) is 30.3 Å². The Labute approximate surface area is 113 Å². The highest BCUT2D eigenvalue weighted by Gasteiger charge is 2.10. The SMILES string of the molecule is CCOC(=O)c1ccc(Cc2ccccc2)cc1N. The van der Waals surface area contributed by atoms with Crippen LogP contribution in [-0.4, -0.2) is 12.6 Å². The van der Waals surface area contributed by atoms with E-state index in [2.05, 4.69) is 12.1 Å². The van der Waals surface area contributed by atoms with Crippen LogP contribution in [0.5, 0.6) is 0 Å². The van der Waals surface area contributed by atoms with Crippen LogP contribution in [0.1, 0.15) is 28.4 Å². The number of anilines is 1. The smallest absolute Gasteiger partial charge is 0.340 e. The minimum atomic E-state index is -0.369. The third kappa shape index (κ3) is 3.35.